The topological polar surface area (TPSA) is 21.1 Å². The maximum Gasteiger partial charge on any atom is 0.420 e. The molecular weight excluding hydrogens is 303 g/mol. The first-order valence-corrected chi connectivity index (χ1v) is 7.96. The van der Waals surface area contributed by atoms with Crippen LogP contribution in [-0.2, 0) is 12.7 Å². The average molecular weight is 323 g/mol. The van der Waals surface area contributed by atoms with Gasteiger partial charge in [0.05, 0.1) is 6.54 Å². The normalized spacial score (nSPS) is 16.7. The monoisotopic (exact) mass is 323 g/mol. The summed E-state index contributed by atoms with van der Waals surface area (Å²) in [5.41, 5.74) is -0.157. The van der Waals surface area contributed by atoms with E-state index in [0.29, 0.717) is 12.1 Å². The zero-order valence-corrected chi connectivity index (χ0v) is 12.9. The van der Waals surface area contributed by atoms with Crippen LogP contribution in [0.1, 0.15) is 24.8 Å². The number of piperidine rings is 1. The Morgan fingerprint density at radius 1 is 0.957 bits per heavy atom. The molecule has 0 bridgehead atoms. The highest BCUT2D eigenvalue weighted by Crippen LogP contribution is 2.36. The Bertz CT molecular complexity index is 628. The largest absolute Gasteiger partial charge is 0.420 e. The summed E-state index contributed by atoms with van der Waals surface area (Å²) in [7, 11) is 0. The third-order valence-electron chi connectivity index (χ3n) is 4.21. The predicted octanol–water partition coefficient (Wildman–Crippen LogP) is 4.05. The Hall–Kier alpha value is -1.82. The van der Waals surface area contributed by atoms with Gasteiger partial charge in [0.15, 0.2) is 0 Å². The average Bonchev–Trinajstić information content (AvgIpc) is 2.99. The number of nitrogens with zero attached hydrogens (tertiary/aromatic N) is 3. The fourth-order valence-electron chi connectivity index (χ4n) is 2.98. The second kappa shape index (κ2) is 6.74. The Morgan fingerprint density at radius 2 is 1.65 bits per heavy atom. The van der Waals surface area contributed by atoms with Crippen molar-refractivity contribution in [3.63, 3.8) is 0 Å². The van der Waals surface area contributed by atoms with Gasteiger partial charge in [-0.05, 0) is 25.9 Å². The molecule has 23 heavy (non-hydrogen) atoms. The molecule has 3 rings (SSSR count). The number of rotatable bonds is 4. The fraction of sp³-hybridized carbons (Fsp3) is 0.471. The summed E-state index contributed by atoms with van der Waals surface area (Å²) in [4.78, 5) is 2.29. The molecule has 0 spiro atoms. The Morgan fingerprint density at radius 3 is 2.30 bits per heavy atom. The van der Waals surface area contributed by atoms with Gasteiger partial charge in [0.25, 0.3) is 0 Å². The standard InChI is InChI=1S/C17H20F3N3/c18-17(19,20)15-13-23(12-11-22-9-5-2-6-10-22)21-16(15)14-7-3-1-4-8-14/h1,3-4,7-8,13H,2,5-6,9-12H2. The lowest BCUT2D eigenvalue weighted by molar-refractivity contribution is -0.137. The molecule has 6 heteroatoms. The molecule has 0 atom stereocenters. The van der Waals surface area contributed by atoms with Crippen LogP contribution in [0, 0.1) is 0 Å². The quantitative estimate of drug-likeness (QED) is 0.846. The summed E-state index contributed by atoms with van der Waals surface area (Å²) in [5, 5.41) is 4.20. The highest BCUT2D eigenvalue weighted by atomic mass is 19.4. The maximum atomic E-state index is 13.3. The number of aromatic nitrogens is 2. The molecule has 1 saturated heterocycles. The van der Waals surface area contributed by atoms with Gasteiger partial charge in [-0.15, -0.1) is 0 Å². The van der Waals surface area contributed by atoms with Crippen molar-refractivity contribution < 1.29 is 13.2 Å². The Balaban J connectivity index is 1.80. The van der Waals surface area contributed by atoms with Crippen LogP contribution in [-0.4, -0.2) is 34.3 Å². The van der Waals surface area contributed by atoms with Gasteiger partial charge in [-0.2, -0.15) is 18.3 Å². The van der Waals surface area contributed by atoms with E-state index in [1.807, 2.05) is 0 Å². The summed E-state index contributed by atoms with van der Waals surface area (Å²) in [6.07, 6.45) is 0.319. The molecule has 1 aromatic carbocycles. The molecule has 2 heterocycles. The van der Waals surface area contributed by atoms with Crippen molar-refractivity contribution in [2.24, 2.45) is 0 Å². The highest BCUT2D eigenvalue weighted by Gasteiger charge is 2.36. The van der Waals surface area contributed by atoms with Gasteiger partial charge in [0, 0.05) is 18.3 Å². The van der Waals surface area contributed by atoms with E-state index < -0.39 is 11.7 Å². The van der Waals surface area contributed by atoms with E-state index in [2.05, 4.69) is 10.00 Å². The molecule has 2 aromatic rings. The van der Waals surface area contributed by atoms with E-state index in [1.54, 1.807) is 30.3 Å². The summed E-state index contributed by atoms with van der Waals surface area (Å²) in [6, 6.07) is 8.55. The summed E-state index contributed by atoms with van der Waals surface area (Å²) in [6.45, 7) is 3.28. The van der Waals surface area contributed by atoms with Gasteiger partial charge in [-0.1, -0.05) is 36.8 Å². The minimum atomic E-state index is -4.39. The van der Waals surface area contributed by atoms with Crippen LogP contribution in [0.4, 0.5) is 13.2 Å². The van der Waals surface area contributed by atoms with Crippen molar-refractivity contribution in [3.05, 3.63) is 42.1 Å². The van der Waals surface area contributed by atoms with E-state index in [4.69, 9.17) is 0 Å². The number of likely N-dealkylation sites (tertiary alicyclic amines) is 1. The van der Waals surface area contributed by atoms with Crippen molar-refractivity contribution >= 4 is 0 Å². The van der Waals surface area contributed by atoms with Gasteiger partial charge in [-0.3, -0.25) is 4.68 Å². The van der Waals surface area contributed by atoms with E-state index in [0.717, 1.165) is 25.8 Å². The zero-order valence-electron chi connectivity index (χ0n) is 12.9. The molecule has 0 amide bonds. The molecule has 1 aliphatic rings. The van der Waals surface area contributed by atoms with Gasteiger partial charge in [0.2, 0.25) is 0 Å². The van der Waals surface area contributed by atoms with E-state index in [-0.39, 0.29) is 5.69 Å². The second-order valence-corrected chi connectivity index (χ2v) is 5.92. The number of hydrogen-bond acceptors (Lipinski definition) is 2. The van der Waals surface area contributed by atoms with Crippen molar-refractivity contribution in [3.8, 4) is 11.3 Å². The van der Waals surface area contributed by atoms with Crippen LogP contribution in [0.15, 0.2) is 36.5 Å². The molecule has 0 aliphatic carbocycles. The number of halogens is 3. The zero-order chi connectivity index (χ0) is 16.3. The maximum absolute atomic E-state index is 13.3. The minimum Gasteiger partial charge on any atom is -0.301 e. The molecular formula is C17H20F3N3. The predicted molar refractivity (Wildman–Crippen MR) is 83.0 cm³/mol. The number of benzene rings is 1. The van der Waals surface area contributed by atoms with Gasteiger partial charge >= 0.3 is 6.18 Å². The van der Waals surface area contributed by atoms with Gasteiger partial charge in [0.1, 0.15) is 11.3 Å². The van der Waals surface area contributed by atoms with E-state index in [1.165, 1.54) is 23.9 Å². The second-order valence-electron chi connectivity index (χ2n) is 5.92. The third-order valence-corrected chi connectivity index (χ3v) is 4.21. The first-order chi connectivity index (χ1) is 11.0. The third kappa shape index (κ3) is 3.93. The van der Waals surface area contributed by atoms with Gasteiger partial charge in [-0.25, -0.2) is 0 Å². The van der Waals surface area contributed by atoms with Crippen molar-refractivity contribution in [2.75, 3.05) is 19.6 Å². The lowest BCUT2D eigenvalue weighted by Gasteiger charge is -2.26. The molecule has 124 valence electrons. The van der Waals surface area contributed by atoms with Crippen molar-refractivity contribution in [1.82, 2.24) is 14.7 Å². The summed E-state index contributed by atoms with van der Waals surface area (Å²) in [5.74, 6) is 0. The van der Waals surface area contributed by atoms with Crippen molar-refractivity contribution in [2.45, 2.75) is 32.0 Å². The van der Waals surface area contributed by atoms with Crippen LogP contribution >= 0.6 is 0 Å². The molecule has 0 saturated carbocycles. The smallest absolute Gasteiger partial charge is 0.301 e. The van der Waals surface area contributed by atoms with Crippen LogP contribution in [0.3, 0.4) is 0 Å². The lowest BCUT2D eigenvalue weighted by atomic mass is 10.1. The summed E-state index contributed by atoms with van der Waals surface area (Å²) >= 11 is 0. The van der Waals surface area contributed by atoms with Gasteiger partial charge < -0.3 is 4.90 Å². The SMILES string of the molecule is FC(F)(F)c1cn(CCN2CCCCC2)nc1-c1ccccc1. The number of alkyl halides is 3. The molecule has 1 aliphatic heterocycles. The van der Waals surface area contributed by atoms with E-state index in [9.17, 15) is 13.2 Å². The lowest BCUT2D eigenvalue weighted by Crippen LogP contribution is -2.32. The Kier molecular flexibility index (Phi) is 4.71. The first-order valence-electron chi connectivity index (χ1n) is 7.96. The van der Waals surface area contributed by atoms with Crippen molar-refractivity contribution in [1.29, 1.82) is 0 Å². The molecule has 3 nitrogen and oxygen atoms in total. The molecule has 0 N–H and O–H groups in total. The Labute approximate surface area is 133 Å². The molecule has 0 unspecified atom stereocenters. The van der Waals surface area contributed by atoms with E-state index >= 15 is 0 Å². The van der Waals surface area contributed by atoms with Crippen LogP contribution in [0.2, 0.25) is 0 Å². The molecule has 1 fully saturated rings. The first kappa shape index (κ1) is 16.1. The van der Waals surface area contributed by atoms with Crippen LogP contribution < -0.4 is 0 Å². The highest BCUT2D eigenvalue weighted by molar-refractivity contribution is 5.63. The summed E-state index contributed by atoms with van der Waals surface area (Å²) < 4.78 is 41.3. The molecule has 0 radical (unpaired) electrons. The minimum absolute atomic E-state index is 0.0109. The fourth-order valence-corrected chi connectivity index (χ4v) is 2.98. The molecule has 1 aromatic heterocycles. The number of hydrogen-bond donors (Lipinski definition) is 0. The van der Waals surface area contributed by atoms with Crippen LogP contribution in [0.5, 0.6) is 0 Å². The van der Waals surface area contributed by atoms with Crippen LogP contribution in [0.25, 0.3) is 11.3 Å².